The molecule has 0 N–H and O–H groups in total. The molecule has 0 aliphatic heterocycles. The summed E-state index contributed by atoms with van der Waals surface area (Å²) >= 11 is 0. The zero-order valence-electron chi connectivity index (χ0n) is 17.2. The van der Waals surface area contributed by atoms with Crippen LogP contribution in [0.25, 0.3) is 0 Å². The molecule has 1 atom stereocenters. The van der Waals surface area contributed by atoms with Crippen LogP contribution in [0.3, 0.4) is 0 Å². The van der Waals surface area contributed by atoms with Crippen molar-refractivity contribution in [1.29, 1.82) is 0 Å². The first-order valence-electron chi connectivity index (χ1n) is 9.56. The average Bonchev–Trinajstić information content (AvgIpc) is 2.74. The van der Waals surface area contributed by atoms with E-state index >= 15 is 0 Å². The maximum Gasteiger partial charge on any atom is 0.416 e. The van der Waals surface area contributed by atoms with E-state index in [4.69, 9.17) is 9.68 Å². The highest BCUT2D eigenvalue weighted by atomic mass is 19.4. The zero-order valence-corrected chi connectivity index (χ0v) is 17.2. The van der Waals surface area contributed by atoms with Gasteiger partial charge in [0.1, 0.15) is 12.8 Å². The molecule has 2 rings (SSSR count). The number of oxime groups is 2. The predicted octanol–water partition coefficient (Wildman–Crippen LogP) is 6.52. The monoisotopic (exact) mass is 418 g/mol. The molecule has 2 aromatic carbocycles. The number of halogens is 3. The first-order chi connectivity index (χ1) is 14.3. The van der Waals surface area contributed by atoms with Gasteiger partial charge in [-0.05, 0) is 36.1 Å². The molecule has 7 heteroatoms. The van der Waals surface area contributed by atoms with Crippen molar-refractivity contribution in [3.8, 4) is 0 Å². The fraction of sp³-hybridized carbons (Fsp3) is 0.304. The van der Waals surface area contributed by atoms with Crippen LogP contribution in [0.15, 0.2) is 71.0 Å². The molecule has 4 nitrogen and oxygen atoms in total. The minimum atomic E-state index is -4.41. The van der Waals surface area contributed by atoms with Crippen LogP contribution in [0.1, 0.15) is 55.0 Å². The van der Waals surface area contributed by atoms with Gasteiger partial charge in [-0.15, -0.1) is 0 Å². The van der Waals surface area contributed by atoms with E-state index in [0.717, 1.165) is 28.8 Å². The molecule has 2 aromatic rings. The number of alkyl halides is 3. The molecule has 0 spiro atoms. The number of benzene rings is 2. The Bertz CT molecular complexity index is 921. The zero-order chi connectivity index (χ0) is 22.1. The number of allylic oxidation sites excluding steroid dienone is 1. The highest BCUT2D eigenvalue weighted by Gasteiger charge is 2.31. The lowest BCUT2D eigenvalue weighted by molar-refractivity contribution is -0.137. The van der Waals surface area contributed by atoms with Crippen molar-refractivity contribution >= 4 is 11.9 Å². The van der Waals surface area contributed by atoms with Gasteiger partial charge in [-0.3, -0.25) is 0 Å². The van der Waals surface area contributed by atoms with E-state index in [-0.39, 0.29) is 0 Å². The highest BCUT2D eigenvalue weighted by Crippen LogP contribution is 2.32. The van der Waals surface area contributed by atoms with Crippen LogP contribution < -0.4 is 0 Å². The third-order valence-corrected chi connectivity index (χ3v) is 4.50. The van der Waals surface area contributed by atoms with E-state index in [1.54, 1.807) is 6.07 Å². The van der Waals surface area contributed by atoms with Gasteiger partial charge < -0.3 is 9.68 Å². The largest absolute Gasteiger partial charge is 0.416 e. The van der Waals surface area contributed by atoms with Crippen molar-refractivity contribution in [2.24, 2.45) is 10.3 Å². The van der Waals surface area contributed by atoms with Gasteiger partial charge in [-0.1, -0.05) is 67.1 Å². The summed E-state index contributed by atoms with van der Waals surface area (Å²) in [6.45, 7) is 7.81. The van der Waals surface area contributed by atoms with Crippen LogP contribution in [0.4, 0.5) is 13.2 Å². The van der Waals surface area contributed by atoms with Crippen molar-refractivity contribution in [3.05, 3.63) is 82.9 Å². The summed E-state index contributed by atoms with van der Waals surface area (Å²) in [6, 6.07) is 12.5. The lowest BCUT2D eigenvalue weighted by Crippen LogP contribution is -2.09. The molecule has 0 bridgehead atoms. The summed E-state index contributed by atoms with van der Waals surface area (Å²) < 4.78 is 39.0. The summed E-state index contributed by atoms with van der Waals surface area (Å²) in [5.41, 5.74) is 2.60. The predicted molar refractivity (Wildman–Crippen MR) is 113 cm³/mol. The summed E-state index contributed by atoms with van der Waals surface area (Å²) in [7, 11) is 1.46. The van der Waals surface area contributed by atoms with Gasteiger partial charge in [0.15, 0.2) is 6.10 Å². The van der Waals surface area contributed by atoms with Crippen LogP contribution in [0, 0.1) is 0 Å². The average molecular weight is 418 g/mol. The summed E-state index contributed by atoms with van der Waals surface area (Å²) in [6.07, 6.45) is -2.34. The Kier molecular flexibility index (Phi) is 8.21. The van der Waals surface area contributed by atoms with Gasteiger partial charge in [-0.25, -0.2) is 0 Å². The highest BCUT2D eigenvalue weighted by molar-refractivity contribution is 6.15. The summed E-state index contributed by atoms with van der Waals surface area (Å²) in [5, 5.41) is 8.11. The van der Waals surface area contributed by atoms with Crippen LogP contribution in [0.5, 0.6) is 0 Å². The molecule has 0 fully saturated rings. The van der Waals surface area contributed by atoms with Gasteiger partial charge >= 0.3 is 6.18 Å². The smallest absolute Gasteiger partial charge is 0.399 e. The van der Waals surface area contributed by atoms with Crippen molar-refractivity contribution < 1.29 is 22.8 Å². The van der Waals surface area contributed by atoms with E-state index in [0.29, 0.717) is 24.1 Å². The maximum atomic E-state index is 13.0. The lowest BCUT2D eigenvalue weighted by atomic mass is 9.97. The molecule has 1 unspecified atom stereocenters. The van der Waals surface area contributed by atoms with Crippen LogP contribution >= 0.6 is 0 Å². The molecule has 0 saturated carbocycles. The van der Waals surface area contributed by atoms with Crippen LogP contribution in [-0.4, -0.2) is 19.0 Å². The SMILES string of the molecule is C=C(CC)/C(=N/OC)c1ccccc1/C=N/OC(CC)c1cccc(C(F)(F)F)c1. The Morgan fingerprint density at radius 3 is 2.50 bits per heavy atom. The van der Waals surface area contributed by atoms with E-state index < -0.39 is 17.8 Å². The van der Waals surface area contributed by atoms with E-state index in [1.807, 2.05) is 38.1 Å². The Morgan fingerprint density at radius 2 is 1.87 bits per heavy atom. The van der Waals surface area contributed by atoms with Gasteiger partial charge in [0.2, 0.25) is 0 Å². The Hall–Kier alpha value is -3.09. The van der Waals surface area contributed by atoms with Crippen LogP contribution in [0.2, 0.25) is 0 Å². The van der Waals surface area contributed by atoms with Gasteiger partial charge in [0.05, 0.1) is 11.8 Å². The molecule has 0 amide bonds. The minimum absolute atomic E-state index is 0.416. The molecule has 0 aliphatic carbocycles. The number of rotatable bonds is 9. The second-order valence-electron chi connectivity index (χ2n) is 6.53. The first kappa shape index (κ1) is 23.2. The Balaban J connectivity index is 2.26. The molecule has 0 saturated heterocycles. The normalized spacial score (nSPS) is 13.3. The second-order valence-corrected chi connectivity index (χ2v) is 6.53. The number of hydrogen-bond acceptors (Lipinski definition) is 4. The quantitative estimate of drug-likeness (QED) is 0.343. The van der Waals surface area contributed by atoms with Crippen molar-refractivity contribution in [1.82, 2.24) is 0 Å². The fourth-order valence-corrected chi connectivity index (χ4v) is 2.84. The first-order valence-corrected chi connectivity index (χ1v) is 9.56. The second kappa shape index (κ2) is 10.6. The van der Waals surface area contributed by atoms with Crippen LogP contribution in [-0.2, 0) is 15.9 Å². The molecule has 0 heterocycles. The van der Waals surface area contributed by atoms with E-state index in [9.17, 15) is 13.2 Å². The van der Waals surface area contributed by atoms with E-state index in [1.165, 1.54) is 19.4 Å². The third-order valence-electron chi connectivity index (χ3n) is 4.50. The molecule has 0 radical (unpaired) electrons. The topological polar surface area (TPSA) is 43.2 Å². The van der Waals surface area contributed by atoms with Gasteiger partial charge in [0, 0.05) is 11.1 Å². The fourth-order valence-electron chi connectivity index (χ4n) is 2.84. The molecule has 0 aromatic heterocycles. The van der Waals surface area contributed by atoms with Crippen molar-refractivity contribution in [3.63, 3.8) is 0 Å². The maximum absolute atomic E-state index is 13.0. The number of nitrogens with zero attached hydrogens (tertiary/aromatic N) is 2. The summed E-state index contributed by atoms with van der Waals surface area (Å²) in [5.74, 6) is 0. The van der Waals surface area contributed by atoms with Crippen molar-refractivity contribution in [2.45, 2.75) is 39.0 Å². The van der Waals surface area contributed by atoms with Crippen molar-refractivity contribution in [2.75, 3.05) is 7.11 Å². The number of hydrogen-bond donors (Lipinski definition) is 0. The Labute approximate surface area is 174 Å². The Morgan fingerprint density at radius 1 is 1.13 bits per heavy atom. The standard InChI is InChI=1S/C23H25F3N2O2/c1-5-16(3)22(28-29-4)20-13-8-7-10-18(20)15-27-30-21(6-2)17-11-9-12-19(14-17)23(24,25)26/h7-15,21H,3,5-6H2,1-2,4H3/b27-15+,28-22-. The minimum Gasteiger partial charge on any atom is -0.399 e. The molecular formula is C23H25F3N2O2. The van der Waals surface area contributed by atoms with Gasteiger partial charge in [0.25, 0.3) is 0 Å². The third kappa shape index (κ3) is 5.95. The molecule has 0 aliphatic rings. The van der Waals surface area contributed by atoms with E-state index in [2.05, 4.69) is 16.9 Å². The molecule has 30 heavy (non-hydrogen) atoms. The lowest BCUT2D eigenvalue weighted by Gasteiger charge is -2.15. The molecule has 160 valence electrons. The van der Waals surface area contributed by atoms with Gasteiger partial charge in [-0.2, -0.15) is 13.2 Å². The summed E-state index contributed by atoms with van der Waals surface area (Å²) in [4.78, 5) is 10.5. The molecular weight excluding hydrogens is 393 g/mol.